The van der Waals surface area contributed by atoms with Gasteiger partial charge >= 0.3 is 5.97 Å². The van der Waals surface area contributed by atoms with E-state index in [0.717, 1.165) is 20.1 Å². The van der Waals surface area contributed by atoms with Crippen LogP contribution >= 0.6 is 33.9 Å². The van der Waals surface area contributed by atoms with Gasteiger partial charge in [0.1, 0.15) is 0 Å². The number of hydrogen-bond donors (Lipinski definition) is 1. The summed E-state index contributed by atoms with van der Waals surface area (Å²) in [4.78, 5) is 15.7. The number of nitrogens with zero attached hydrogens (tertiary/aromatic N) is 1. The zero-order valence-corrected chi connectivity index (χ0v) is 13.3. The molecule has 1 N–H and O–H groups in total. The third-order valence-corrected chi connectivity index (χ3v) is 3.74. The number of benzene rings is 1. The molecule has 2 rings (SSSR count). The number of halogens is 1. The van der Waals surface area contributed by atoms with E-state index in [1.807, 2.05) is 29.6 Å². The molecule has 0 atom stereocenters. The molecule has 6 heteroatoms. The van der Waals surface area contributed by atoms with Gasteiger partial charge in [-0.2, -0.15) is 0 Å². The molecule has 4 nitrogen and oxygen atoms in total. The third kappa shape index (κ3) is 4.46. The Morgan fingerprint density at radius 2 is 2.37 bits per heavy atom. The van der Waals surface area contributed by atoms with Gasteiger partial charge in [0, 0.05) is 14.6 Å². The van der Waals surface area contributed by atoms with Crippen molar-refractivity contribution in [3.8, 4) is 0 Å². The quantitative estimate of drug-likeness (QED) is 0.628. The van der Waals surface area contributed by atoms with E-state index in [9.17, 15) is 4.79 Å². The Bertz CT molecular complexity index is 571. The number of thiazole rings is 1. The minimum atomic E-state index is -0.242. The smallest absolute Gasteiger partial charge is 0.311 e. The van der Waals surface area contributed by atoms with Crippen LogP contribution < -0.4 is 5.32 Å². The second kappa shape index (κ2) is 6.85. The maximum atomic E-state index is 11.3. The zero-order chi connectivity index (χ0) is 13.7. The van der Waals surface area contributed by atoms with Crippen molar-refractivity contribution in [1.82, 2.24) is 4.98 Å². The summed E-state index contributed by atoms with van der Waals surface area (Å²) in [6, 6.07) is 8.03. The lowest BCUT2D eigenvalue weighted by atomic mass is 10.3. The number of nitrogens with one attached hydrogen (secondary N) is 1. The first-order valence-corrected chi connectivity index (χ1v) is 7.76. The predicted molar refractivity (Wildman–Crippen MR) is 84.9 cm³/mol. The van der Waals surface area contributed by atoms with Crippen LogP contribution in [-0.2, 0) is 16.0 Å². The molecule has 0 aliphatic heterocycles. The maximum absolute atomic E-state index is 11.3. The van der Waals surface area contributed by atoms with Gasteiger partial charge in [0.25, 0.3) is 0 Å². The van der Waals surface area contributed by atoms with E-state index in [0.29, 0.717) is 6.61 Å². The molecule has 0 unspecified atom stereocenters. The van der Waals surface area contributed by atoms with Crippen molar-refractivity contribution >= 4 is 50.7 Å². The molecule has 2 aromatic rings. The van der Waals surface area contributed by atoms with E-state index in [4.69, 9.17) is 4.74 Å². The number of rotatable bonds is 5. The van der Waals surface area contributed by atoms with E-state index < -0.39 is 0 Å². The normalized spacial score (nSPS) is 10.2. The van der Waals surface area contributed by atoms with Gasteiger partial charge in [0.05, 0.1) is 18.7 Å². The second-order valence-electron chi connectivity index (χ2n) is 3.76. The topological polar surface area (TPSA) is 51.2 Å². The average molecular weight is 388 g/mol. The zero-order valence-electron chi connectivity index (χ0n) is 10.4. The summed E-state index contributed by atoms with van der Waals surface area (Å²) >= 11 is 3.74. The average Bonchev–Trinajstić information content (AvgIpc) is 2.76. The summed E-state index contributed by atoms with van der Waals surface area (Å²) in [5.74, 6) is -0.242. The van der Waals surface area contributed by atoms with Crippen LogP contribution in [0, 0.1) is 3.57 Å². The Labute approximate surface area is 129 Å². The lowest BCUT2D eigenvalue weighted by molar-refractivity contribution is -0.142. The number of ether oxygens (including phenoxy) is 1. The molecule has 19 heavy (non-hydrogen) atoms. The van der Waals surface area contributed by atoms with Crippen molar-refractivity contribution in [2.75, 3.05) is 11.9 Å². The fourth-order valence-corrected chi connectivity index (χ4v) is 2.77. The highest BCUT2D eigenvalue weighted by atomic mass is 127. The van der Waals surface area contributed by atoms with Gasteiger partial charge in [-0.05, 0) is 47.7 Å². The Balaban J connectivity index is 1.99. The molecule has 0 saturated heterocycles. The molecule has 0 amide bonds. The first-order chi connectivity index (χ1) is 9.17. The van der Waals surface area contributed by atoms with Crippen LogP contribution in [0.2, 0.25) is 0 Å². The maximum Gasteiger partial charge on any atom is 0.311 e. The number of carbonyl (C=O) groups is 1. The number of hydrogen-bond acceptors (Lipinski definition) is 5. The van der Waals surface area contributed by atoms with Gasteiger partial charge in [-0.3, -0.25) is 4.79 Å². The summed E-state index contributed by atoms with van der Waals surface area (Å²) in [7, 11) is 0. The van der Waals surface area contributed by atoms with Crippen molar-refractivity contribution in [3.05, 3.63) is 38.9 Å². The van der Waals surface area contributed by atoms with Crippen molar-refractivity contribution < 1.29 is 9.53 Å². The summed E-state index contributed by atoms with van der Waals surface area (Å²) in [5, 5.41) is 5.87. The van der Waals surface area contributed by atoms with Gasteiger partial charge < -0.3 is 10.1 Å². The highest BCUT2D eigenvalue weighted by Crippen LogP contribution is 2.22. The highest BCUT2D eigenvalue weighted by molar-refractivity contribution is 14.1. The Hall–Kier alpha value is -1.15. The van der Waals surface area contributed by atoms with Gasteiger partial charge in [-0.15, -0.1) is 11.3 Å². The monoisotopic (exact) mass is 388 g/mol. The van der Waals surface area contributed by atoms with Crippen LogP contribution in [0.15, 0.2) is 29.6 Å². The molecule has 0 fully saturated rings. The molecular formula is C13H13IN2O2S. The van der Waals surface area contributed by atoms with E-state index >= 15 is 0 Å². The molecule has 0 saturated carbocycles. The SMILES string of the molecule is CCOC(=O)Cc1csc(Nc2cccc(I)c2)n1. The number of anilines is 2. The lowest BCUT2D eigenvalue weighted by Gasteiger charge is -2.02. The van der Waals surface area contributed by atoms with Gasteiger partial charge in [0.2, 0.25) is 0 Å². The molecule has 0 radical (unpaired) electrons. The Morgan fingerprint density at radius 3 is 3.11 bits per heavy atom. The number of esters is 1. The van der Waals surface area contributed by atoms with E-state index in [2.05, 4.69) is 32.9 Å². The van der Waals surface area contributed by atoms with Crippen LogP contribution in [0.25, 0.3) is 0 Å². The minimum absolute atomic E-state index is 0.221. The fourth-order valence-electron chi connectivity index (χ4n) is 1.50. The molecule has 1 aromatic carbocycles. The van der Waals surface area contributed by atoms with Gasteiger partial charge in [0.15, 0.2) is 5.13 Å². The third-order valence-electron chi connectivity index (χ3n) is 2.26. The fraction of sp³-hybridized carbons (Fsp3) is 0.231. The van der Waals surface area contributed by atoms with Crippen molar-refractivity contribution in [2.24, 2.45) is 0 Å². The summed E-state index contributed by atoms with van der Waals surface area (Å²) in [6.45, 7) is 2.19. The largest absolute Gasteiger partial charge is 0.466 e. The lowest BCUT2D eigenvalue weighted by Crippen LogP contribution is -2.07. The molecule has 1 heterocycles. The highest BCUT2D eigenvalue weighted by Gasteiger charge is 2.08. The van der Waals surface area contributed by atoms with E-state index in [1.165, 1.54) is 11.3 Å². The van der Waals surface area contributed by atoms with Crippen LogP contribution in [0.5, 0.6) is 0 Å². The molecular weight excluding hydrogens is 375 g/mol. The van der Waals surface area contributed by atoms with Crippen LogP contribution in [0.4, 0.5) is 10.8 Å². The van der Waals surface area contributed by atoms with Gasteiger partial charge in [-0.25, -0.2) is 4.98 Å². The summed E-state index contributed by atoms with van der Waals surface area (Å²) in [6.07, 6.45) is 0.221. The first kappa shape index (κ1) is 14.3. The molecule has 0 bridgehead atoms. The van der Waals surface area contributed by atoms with Gasteiger partial charge in [-0.1, -0.05) is 6.07 Å². The molecule has 100 valence electrons. The van der Waals surface area contributed by atoms with Crippen molar-refractivity contribution in [3.63, 3.8) is 0 Å². The summed E-state index contributed by atoms with van der Waals surface area (Å²) in [5.41, 5.74) is 1.72. The Morgan fingerprint density at radius 1 is 1.53 bits per heavy atom. The first-order valence-electron chi connectivity index (χ1n) is 5.80. The van der Waals surface area contributed by atoms with Crippen LogP contribution in [0.3, 0.4) is 0 Å². The van der Waals surface area contributed by atoms with Crippen LogP contribution in [-0.4, -0.2) is 17.6 Å². The molecule has 0 spiro atoms. The predicted octanol–water partition coefficient (Wildman–Crippen LogP) is 3.60. The van der Waals surface area contributed by atoms with Crippen molar-refractivity contribution in [1.29, 1.82) is 0 Å². The van der Waals surface area contributed by atoms with E-state index in [1.54, 1.807) is 6.92 Å². The minimum Gasteiger partial charge on any atom is -0.466 e. The van der Waals surface area contributed by atoms with Crippen molar-refractivity contribution in [2.45, 2.75) is 13.3 Å². The standard InChI is InChI=1S/C13H13IN2O2S/c1-2-18-12(17)7-11-8-19-13(16-11)15-10-5-3-4-9(14)6-10/h3-6,8H,2,7H2,1H3,(H,15,16). The van der Waals surface area contributed by atoms with E-state index in [-0.39, 0.29) is 12.4 Å². The number of aromatic nitrogens is 1. The number of carbonyl (C=O) groups excluding carboxylic acids is 1. The van der Waals surface area contributed by atoms with Crippen LogP contribution in [0.1, 0.15) is 12.6 Å². The Kier molecular flexibility index (Phi) is 5.15. The molecule has 0 aliphatic rings. The summed E-state index contributed by atoms with van der Waals surface area (Å²) < 4.78 is 6.05. The molecule has 1 aromatic heterocycles. The molecule has 0 aliphatic carbocycles. The second-order valence-corrected chi connectivity index (χ2v) is 5.86.